The molecule has 0 aliphatic carbocycles. The molecule has 1 aromatic rings. The topological polar surface area (TPSA) is 48.0 Å². The number of benzene rings is 1. The van der Waals surface area contributed by atoms with E-state index in [9.17, 15) is 4.79 Å². The van der Waals surface area contributed by atoms with E-state index < -0.39 is 0 Å². The average Bonchev–Trinajstić information content (AvgIpc) is 2.60. The summed E-state index contributed by atoms with van der Waals surface area (Å²) in [6.07, 6.45) is 2.97. The number of piperidine rings is 1. The van der Waals surface area contributed by atoms with Crippen molar-refractivity contribution in [1.82, 2.24) is 4.90 Å². The van der Waals surface area contributed by atoms with Crippen LogP contribution in [0.2, 0.25) is 0 Å². The molecule has 2 aliphatic heterocycles. The lowest BCUT2D eigenvalue weighted by atomic mass is 9.98. The van der Waals surface area contributed by atoms with Crippen molar-refractivity contribution in [2.75, 3.05) is 32.8 Å². The Hall–Kier alpha value is -1.75. The molecule has 1 aromatic carbocycles. The van der Waals surface area contributed by atoms with E-state index in [1.807, 2.05) is 31.2 Å². The third-order valence-corrected chi connectivity index (χ3v) is 4.46. The number of carbonyl (C=O) groups excluding carboxylic acids is 1. The normalized spacial score (nSPS) is 24.2. The SMILES string of the molecule is CCOC(=O)C1CCCN(CCC2COc3ccccc3O2)C1. The number of para-hydroxylation sites is 2. The van der Waals surface area contributed by atoms with Gasteiger partial charge in [0.1, 0.15) is 12.7 Å². The van der Waals surface area contributed by atoms with E-state index in [4.69, 9.17) is 14.2 Å². The second kappa shape index (κ2) is 7.68. The van der Waals surface area contributed by atoms with Gasteiger partial charge < -0.3 is 19.1 Å². The van der Waals surface area contributed by atoms with Crippen molar-refractivity contribution < 1.29 is 19.0 Å². The predicted molar refractivity (Wildman–Crippen MR) is 86.8 cm³/mol. The van der Waals surface area contributed by atoms with Crippen LogP contribution in [-0.2, 0) is 9.53 Å². The minimum atomic E-state index is -0.0524. The van der Waals surface area contributed by atoms with Crippen molar-refractivity contribution in [1.29, 1.82) is 0 Å². The molecule has 126 valence electrons. The van der Waals surface area contributed by atoms with Gasteiger partial charge in [0.2, 0.25) is 0 Å². The standard InChI is InChI=1S/C18H25NO4/c1-2-21-18(20)14-6-5-10-19(12-14)11-9-15-13-22-16-7-3-4-8-17(16)23-15/h3-4,7-8,14-15H,2,5-6,9-13H2,1H3. The van der Waals surface area contributed by atoms with E-state index in [1.165, 1.54) is 0 Å². The van der Waals surface area contributed by atoms with Crippen LogP contribution in [0.1, 0.15) is 26.2 Å². The first kappa shape index (κ1) is 16.1. The molecule has 0 bridgehead atoms. The summed E-state index contributed by atoms with van der Waals surface area (Å²) in [5.74, 6) is 1.62. The van der Waals surface area contributed by atoms with Crippen LogP contribution in [0.3, 0.4) is 0 Å². The van der Waals surface area contributed by atoms with Crippen molar-refractivity contribution in [3.05, 3.63) is 24.3 Å². The molecule has 0 radical (unpaired) electrons. The minimum absolute atomic E-state index is 0.0213. The van der Waals surface area contributed by atoms with Crippen molar-refractivity contribution in [3.8, 4) is 11.5 Å². The Morgan fingerprint density at radius 3 is 3.00 bits per heavy atom. The maximum absolute atomic E-state index is 11.9. The number of hydrogen-bond acceptors (Lipinski definition) is 5. The molecule has 1 saturated heterocycles. The van der Waals surface area contributed by atoms with Crippen molar-refractivity contribution in [2.24, 2.45) is 5.92 Å². The van der Waals surface area contributed by atoms with Gasteiger partial charge in [0.15, 0.2) is 11.5 Å². The summed E-state index contributed by atoms with van der Waals surface area (Å²) in [6, 6.07) is 7.78. The van der Waals surface area contributed by atoms with Crippen LogP contribution < -0.4 is 9.47 Å². The third-order valence-electron chi connectivity index (χ3n) is 4.46. The lowest BCUT2D eigenvalue weighted by molar-refractivity contribution is -0.149. The predicted octanol–water partition coefficient (Wildman–Crippen LogP) is 2.49. The number of esters is 1. The number of likely N-dealkylation sites (tertiary alicyclic amines) is 1. The molecule has 2 atom stereocenters. The minimum Gasteiger partial charge on any atom is -0.486 e. The molecule has 5 heteroatoms. The highest BCUT2D eigenvalue weighted by Crippen LogP contribution is 2.31. The van der Waals surface area contributed by atoms with Gasteiger partial charge in [-0.3, -0.25) is 4.79 Å². The first-order chi connectivity index (χ1) is 11.3. The number of nitrogens with zero attached hydrogens (tertiary/aromatic N) is 1. The largest absolute Gasteiger partial charge is 0.486 e. The monoisotopic (exact) mass is 319 g/mol. The first-order valence-corrected chi connectivity index (χ1v) is 8.53. The smallest absolute Gasteiger partial charge is 0.310 e. The maximum Gasteiger partial charge on any atom is 0.310 e. The molecule has 23 heavy (non-hydrogen) atoms. The highest BCUT2D eigenvalue weighted by atomic mass is 16.6. The summed E-state index contributed by atoms with van der Waals surface area (Å²) < 4.78 is 16.9. The van der Waals surface area contributed by atoms with Gasteiger partial charge in [-0.15, -0.1) is 0 Å². The van der Waals surface area contributed by atoms with Crippen LogP contribution in [0, 0.1) is 5.92 Å². The van der Waals surface area contributed by atoms with Crippen molar-refractivity contribution in [2.45, 2.75) is 32.3 Å². The van der Waals surface area contributed by atoms with E-state index >= 15 is 0 Å². The van der Waals surface area contributed by atoms with Crippen LogP contribution in [0.25, 0.3) is 0 Å². The zero-order valence-electron chi connectivity index (χ0n) is 13.7. The molecule has 0 amide bonds. The van der Waals surface area contributed by atoms with Crippen molar-refractivity contribution in [3.63, 3.8) is 0 Å². The summed E-state index contributed by atoms with van der Waals surface area (Å²) in [4.78, 5) is 14.2. The average molecular weight is 319 g/mol. The van der Waals surface area contributed by atoms with E-state index in [1.54, 1.807) is 0 Å². The van der Waals surface area contributed by atoms with Gasteiger partial charge in [-0.05, 0) is 38.4 Å². The Morgan fingerprint density at radius 2 is 2.17 bits per heavy atom. The van der Waals surface area contributed by atoms with E-state index in [0.717, 1.165) is 50.4 Å². The molecular weight excluding hydrogens is 294 g/mol. The molecule has 3 rings (SSSR count). The van der Waals surface area contributed by atoms with Crippen LogP contribution in [0.4, 0.5) is 0 Å². The van der Waals surface area contributed by atoms with E-state index in [2.05, 4.69) is 4.90 Å². The maximum atomic E-state index is 11.9. The highest BCUT2D eigenvalue weighted by molar-refractivity contribution is 5.72. The zero-order valence-corrected chi connectivity index (χ0v) is 13.7. The van der Waals surface area contributed by atoms with Crippen LogP contribution in [-0.4, -0.2) is 49.8 Å². The molecule has 0 saturated carbocycles. The van der Waals surface area contributed by atoms with E-state index in [-0.39, 0.29) is 18.0 Å². The molecule has 2 aliphatic rings. The third kappa shape index (κ3) is 4.16. The number of fused-ring (bicyclic) bond motifs is 1. The molecule has 0 aromatic heterocycles. The zero-order chi connectivity index (χ0) is 16.1. The van der Waals surface area contributed by atoms with Gasteiger partial charge in [0.05, 0.1) is 12.5 Å². The van der Waals surface area contributed by atoms with Gasteiger partial charge >= 0.3 is 5.97 Å². The fourth-order valence-electron chi connectivity index (χ4n) is 3.24. The van der Waals surface area contributed by atoms with Gasteiger partial charge in [-0.25, -0.2) is 0 Å². The summed E-state index contributed by atoms with van der Waals surface area (Å²) in [6.45, 7) is 5.67. The number of ether oxygens (including phenoxy) is 3. The number of rotatable bonds is 5. The number of carbonyl (C=O) groups is 1. The molecule has 5 nitrogen and oxygen atoms in total. The summed E-state index contributed by atoms with van der Waals surface area (Å²) in [5, 5.41) is 0. The quantitative estimate of drug-likeness (QED) is 0.780. The Kier molecular flexibility index (Phi) is 5.39. The summed E-state index contributed by atoms with van der Waals surface area (Å²) in [7, 11) is 0. The van der Waals surface area contributed by atoms with Crippen LogP contribution >= 0.6 is 0 Å². The Bertz CT molecular complexity index is 534. The van der Waals surface area contributed by atoms with Gasteiger partial charge in [-0.1, -0.05) is 12.1 Å². The fraction of sp³-hybridized carbons (Fsp3) is 0.611. The lowest BCUT2D eigenvalue weighted by Crippen LogP contribution is -2.41. The molecule has 0 N–H and O–H groups in total. The molecule has 2 unspecified atom stereocenters. The fourth-order valence-corrected chi connectivity index (χ4v) is 3.24. The highest BCUT2D eigenvalue weighted by Gasteiger charge is 2.28. The Morgan fingerprint density at radius 1 is 1.35 bits per heavy atom. The Labute approximate surface area is 137 Å². The van der Waals surface area contributed by atoms with Gasteiger partial charge in [0.25, 0.3) is 0 Å². The number of hydrogen-bond donors (Lipinski definition) is 0. The Balaban J connectivity index is 1.46. The molecular formula is C18H25NO4. The molecule has 1 fully saturated rings. The second-order valence-electron chi connectivity index (χ2n) is 6.18. The van der Waals surface area contributed by atoms with Crippen LogP contribution in [0.15, 0.2) is 24.3 Å². The van der Waals surface area contributed by atoms with Gasteiger partial charge in [-0.2, -0.15) is 0 Å². The molecule has 2 heterocycles. The lowest BCUT2D eigenvalue weighted by Gasteiger charge is -2.33. The summed E-state index contributed by atoms with van der Waals surface area (Å²) >= 11 is 0. The molecule has 0 spiro atoms. The van der Waals surface area contributed by atoms with E-state index in [0.29, 0.717) is 13.2 Å². The van der Waals surface area contributed by atoms with Crippen molar-refractivity contribution >= 4 is 5.97 Å². The first-order valence-electron chi connectivity index (χ1n) is 8.53. The van der Waals surface area contributed by atoms with Gasteiger partial charge in [0, 0.05) is 19.5 Å². The van der Waals surface area contributed by atoms with Crippen LogP contribution in [0.5, 0.6) is 11.5 Å². The summed E-state index contributed by atoms with van der Waals surface area (Å²) in [5.41, 5.74) is 0. The second-order valence-corrected chi connectivity index (χ2v) is 6.18.